The first-order chi connectivity index (χ1) is 9.11. The van der Waals surface area contributed by atoms with Crippen LogP contribution in [0.1, 0.15) is 23.9 Å². The molecule has 1 unspecified atom stereocenters. The monoisotopic (exact) mass is 342 g/mol. The Kier molecular flexibility index (Phi) is 4.99. The maximum absolute atomic E-state index is 6.00. The van der Waals surface area contributed by atoms with Gasteiger partial charge in [-0.3, -0.25) is 11.3 Å². The molecule has 1 aromatic carbocycles. The third kappa shape index (κ3) is 3.57. The molecule has 0 aliphatic rings. The van der Waals surface area contributed by atoms with Gasteiger partial charge in [-0.2, -0.15) is 0 Å². The average Bonchev–Trinajstić information content (AvgIpc) is 2.80. The van der Waals surface area contributed by atoms with E-state index in [0.29, 0.717) is 5.02 Å². The summed E-state index contributed by atoms with van der Waals surface area (Å²) in [6.07, 6.45) is 5.48. The molecule has 1 heterocycles. The van der Waals surface area contributed by atoms with E-state index in [2.05, 4.69) is 26.3 Å². The summed E-state index contributed by atoms with van der Waals surface area (Å²) in [5.41, 5.74) is 3.95. The first kappa shape index (κ1) is 14.5. The average molecular weight is 344 g/mol. The standard InChI is InChI=1S/C13H16BrClN4/c1-19-7-6-17-13(19)5-4-12(18-16)9-2-3-11(15)10(14)8-9/h2-3,6-8,12,18H,4-5,16H2,1H3. The Morgan fingerprint density at radius 1 is 1.53 bits per heavy atom. The highest BCUT2D eigenvalue weighted by Crippen LogP contribution is 2.27. The molecule has 0 radical (unpaired) electrons. The second-order valence-corrected chi connectivity index (χ2v) is 5.65. The molecule has 0 amide bonds. The minimum atomic E-state index is 0.0743. The molecule has 0 aliphatic heterocycles. The van der Waals surface area contributed by atoms with Gasteiger partial charge in [-0.05, 0) is 40.0 Å². The molecule has 102 valence electrons. The van der Waals surface area contributed by atoms with Crippen molar-refractivity contribution in [3.05, 3.63) is 51.5 Å². The summed E-state index contributed by atoms with van der Waals surface area (Å²) in [7, 11) is 1.99. The van der Waals surface area contributed by atoms with Gasteiger partial charge in [0, 0.05) is 36.4 Å². The van der Waals surface area contributed by atoms with E-state index in [0.717, 1.165) is 28.7 Å². The van der Waals surface area contributed by atoms with Gasteiger partial charge in [0.25, 0.3) is 0 Å². The van der Waals surface area contributed by atoms with Crippen molar-refractivity contribution in [3.8, 4) is 0 Å². The smallest absolute Gasteiger partial charge is 0.108 e. The van der Waals surface area contributed by atoms with Crippen LogP contribution in [0.4, 0.5) is 0 Å². The molecule has 0 bridgehead atoms. The molecule has 0 fully saturated rings. The molecule has 4 nitrogen and oxygen atoms in total. The maximum atomic E-state index is 6.00. The van der Waals surface area contributed by atoms with Crippen LogP contribution in [0.3, 0.4) is 0 Å². The Bertz CT molecular complexity index is 555. The van der Waals surface area contributed by atoms with E-state index in [4.69, 9.17) is 17.4 Å². The molecular weight excluding hydrogens is 328 g/mol. The SMILES string of the molecule is Cn1ccnc1CCC(NN)c1ccc(Cl)c(Br)c1. The largest absolute Gasteiger partial charge is 0.338 e. The lowest BCUT2D eigenvalue weighted by molar-refractivity contribution is 0.506. The van der Waals surface area contributed by atoms with Gasteiger partial charge < -0.3 is 4.57 Å². The van der Waals surface area contributed by atoms with Crippen molar-refractivity contribution in [3.63, 3.8) is 0 Å². The summed E-state index contributed by atoms with van der Waals surface area (Å²) in [6.45, 7) is 0. The Hall–Kier alpha value is -0.880. The van der Waals surface area contributed by atoms with E-state index in [1.807, 2.05) is 36.0 Å². The third-order valence-electron chi connectivity index (χ3n) is 3.12. The van der Waals surface area contributed by atoms with Gasteiger partial charge >= 0.3 is 0 Å². The normalized spacial score (nSPS) is 12.6. The second-order valence-electron chi connectivity index (χ2n) is 4.39. The topological polar surface area (TPSA) is 55.9 Å². The van der Waals surface area contributed by atoms with Gasteiger partial charge in [0.15, 0.2) is 0 Å². The van der Waals surface area contributed by atoms with Crippen LogP contribution in [0.2, 0.25) is 5.02 Å². The fraction of sp³-hybridized carbons (Fsp3) is 0.308. The van der Waals surface area contributed by atoms with Crippen LogP contribution in [0, 0.1) is 0 Å². The predicted molar refractivity (Wildman–Crippen MR) is 80.7 cm³/mol. The molecule has 0 saturated carbocycles. The minimum absolute atomic E-state index is 0.0743. The van der Waals surface area contributed by atoms with E-state index in [9.17, 15) is 0 Å². The molecule has 2 aromatic rings. The van der Waals surface area contributed by atoms with Crippen LogP contribution >= 0.6 is 27.5 Å². The summed E-state index contributed by atoms with van der Waals surface area (Å²) in [6, 6.07) is 5.91. The van der Waals surface area contributed by atoms with Crippen LogP contribution < -0.4 is 11.3 Å². The van der Waals surface area contributed by atoms with E-state index in [1.54, 1.807) is 6.20 Å². The molecule has 1 aromatic heterocycles. The number of hydrazine groups is 1. The number of hydrogen-bond donors (Lipinski definition) is 2. The van der Waals surface area contributed by atoms with Crippen LogP contribution in [0.25, 0.3) is 0 Å². The lowest BCUT2D eigenvalue weighted by atomic mass is 10.0. The molecule has 3 N–H and O–H groups in total. The zero-order valence-electron chi connectivity index (χ0n) is 10.6. The molecule has 0 spiro atoms. The number of benzene rings is 1. The highest BCUT2D eigenvalue weighted by Gasteiger charge is 2.12. The Labute approximate surface area is 126 Å². The van der Waals surface area contributed by atoms with Gasteiger partial charge in [0.05, 0.1) is 5.02 Å². The molecule has 1 atom stereocenters. The van der Waals surface area contributed by atoms with E-state index < -0.39 is 0 Å². The number of hydrogen-bond acceptors (Lipinski definition) is 3. The van der Waals surface area contributed by atoms with Crippen LogP contribution in [0.5, 0.6) is 0 Å². The van der Waals surface area contributed by atoms with Crippen molar-refractivity contribution in [2.75, 3.05) is 0 Å². The molecule has 6 heteroatoms. The summed E-state index contributed by atoms with van der Waals surface area (Å²) in [5.74, 6) is 6.69. The van der Waals surface area contributed by atoms with Crippen molar-refractivity contribution in [2.45, 2.75) is 18.9 Å². The predicted octanol–water partition coefficient (Wildman–Crippen LogP) is 2.97. The molecule has 2 rings (SSSR count). The third-order valence-corrected chi connectivity index (χ3v) is 4.34. The number of nitrogens with zero attached hydrogens (tertiary/aromatic N) is 2. The summed E-state index contributed by atoms with van der Waals surface area (Å²) in [4.78, 5) is 4.31. The number of nitrogens with two attached hydrogens (primary N) is 1. The number of halogens is 2. The number of nitrogens with one attached hydrogen (secondary N) is 1. The zero-order valence-corrected chi connectivity index (χ0v) is 12.9. The molecule has 19 heavy (non-hydrogen) atoms. The van der Waals surface area contributed by atoms with Crippen molar-refractivity contribution in [2.24, 2.45) is 12.9 Å². The van der Waals surface area contributed by atoms with Crippen LogP contribution in [-0.4, -0.2) is 9.55 Å². The highest BCUT2D eigenvalue weighted by molar-refractivity contribution is 9.10. The summed E-state index contributed by atoms with van der Waals surface area (Å²) < 4.78 is 2.90. The Morgan fingerprint density at radius 3 is 2.89 bits per heavy atom. The number of aromatic nitrogens is 2. The van der Waals surface area contributed by atoms with E-state index in [1.165, 1.54) is 0 Å². The van der Waals surface area contributed by atoms with Crippen molar-refractivity contribution in [1.82, 2.24) is 15.0 Å². The van der Waals surface area contributed by atoms with Gasteiger partial charge in [-0.1, -0.05) is 17.7 Å². The number of rotatable bonds is 5. The first-order valence-corrected chi connectivity index (χ1v) is 7.16. The van der Waals surface area contributed by atoms with Crippen LogP contribution in [-0.2, 0) is 13.5 Å². The Balaban J connectivity index is 2.07. The number of imidazole rings is 1. The second kappa shape index (κ2) is 6.52. The fourth-order valence-electron chi connectivity index (χ4n) is 1.99. The molecule has 0 saturated heterocycles. The Morgan fingerprint density at radius 2 is 2.32 bits per heavy atom. The molecular formula is C13H16BrClN4. The van der Waals surface area contributed by atoms with E-state index >= 15 is 0 Å². The van der Waals surface area contributed by atoms with Crippen molar-refractivity contribution < 1.29 is 0 Å². The van der Waals surface area contributed by atoms with Crippen molar-refractivity contribution in [1.29, 1.82) is 0 Å². The van der Waals surface area contributed by atoms with Gasteiger partial charge in [-0.15, -0.1) is 0 Å². The minimum Gasteiger partial charge on any atom is -0.338 e. The van der Waals surface area contributed by atoms with E-state index in [-0.39, 0.29) is 6.04 Å². The lowest BCUT2D eigenvalue weighted by Gasteiger charge is -2.16. The summed E-state index contributed by atoms with van der Waals surface area (Å²) in [5, 5.41) is 0.698. The maximum Gasteiger partial charge on any atom is 0.108 e. The van der Waals surface area contributed by atoms with Crippen LogP contribution in [0.15, 0.2) is 35.1 Å². The lowest BCUT2D eigenvalue weighted by Crippen LogP contribution is -2.28. The summed E-state index contributed by atoms with van der Waals surface area (Å²) >= 11 is 9.42. The molecule has 0 aliphatic carbocycles. The first-order valence-electron chi connectivity index (χ1n) is 5.99. The van der Waals surface area contributed by atoms with Gasteiger partial charge in [-0.25, -0.2) is 4.98 Å². The highest BCUT2D eigenvalue weighted by atomic mass is 79.9. The fourth-order valence-corrected chi connectivity index (χ4v) is 2.50. The number of aryl methyl sites for hydroxylation is 2. The zero-order chi connectivity index (χ0) is 13.8. The van der Waals surface area contributed by atoms with Gasteiger partial charge in [0.2, 0.25) is 0 Å². The quantitative estimate of drug-likeness (QED) is 0.648. The van der Waals surface area contributed by atoms with Gasteiger partial charge in [0.1, 0.15) is 5.82 Å². The van der Waals surface area contributed by atoms with Crippen molar-refractivity contribution >= 4 is 27.5 Å².